The first-order chi connectivity index (χ1) is 11.3. The van der Waals surface area contributed by atoms with Crippen LogP contribution >= 0.6 is 0 Å². The van der Waals surface area contributed by atoms with Crippen LogP contribution in [-0.2, 0) is 20.8 Å². The summed E-state index contributed by atoms with van der Waals surface area (Å²) in [6.07, 6.45) is 1.66. The van der Waals surface area contributed by atoms with Gasteiger partial charge >= 0.3 is 11.9 Å². The largest absolute Gasteiger partial charge is 0.481 e. The third kappa shape index (κ3) is 3.73. The van der Waals surface area contributed by atoms with E-state index in [1.54, 1.807) is 18.3 Å². The number of ketones is 1. The Balaban J connectivity index is 2.14. The molecule has 0 radical (unpaired) electrons. The van der Waals surface area contributed by atoms with Gasteiger partial charge in [-0.05, 0) is 18.6 Å². The van der Waals surface area contributed by atoms with Crippen molar-refractivity contribution in [1.82, 2.24) is 5.32 Å². The van der Waals surface area contributed by atoms with Crippen LogP contribution in [0.3, 0.4) is 0 Å². The molecule has 2 unspecified atom stereocenters. The minimum Gasteiger partial charge on any atom is -0.481 e. The molecule has 7 heteroatoms. The number of carboxylic acids is 1. The molecule has 2 amide bonds. The van der Waals surface area contributed by atoms with Crippen LogP contribution < -0.4 is 5.32 Å². The number of fused-ring (bicyclic) bond motifs is 1. The summed E-state index contributed by atoms with van der Waals surface area (Å²) in [5, 5.41) is 11.2. The van der Waals surface area contributed by atoms with Gasteiger partial charge in [0.1, 0.15) is 0 Å². The molecule has 0 saturated carbocycles. The number of benzene rings is 1. The second-order valence-electron chi connectivity index (χ2n) is 5.70. The molecule has 2 N–H and O–H groups in total. The predicted molar refractivity (Wildman–Crippen MR) is 85.1 cm³/mol. The van der Waals surface area contributed by atoms with Crippen LogP contribution in [0.5, 0.6) is 0 Å². The molecule has 0 saturated heterocycles. The van der Waals surface area contributed by atoms with E-state index in [9.17, 15) is 19.2 Å². The Morgan fingerprint density at radius 1 is 1.29 bits per heavy atom. The standard InChI is InChI=1S/C17H18N2O5/c1-10(16(23)18-14(11(2)20)9-15(21)22)19-8-7-12-5-3-4-6-13(12)17(19)24/h3-6,8,10,14H,7,9H2,1-2H3,(H-,18,21,22,23)/p+1. The molecule has 2 rings (SSSR count). The summed E-state index contributed by atoms with van der Waals surface area (Å²) in [5.74, 6) is -2.49. The molecular weight excluding hydrogens is 312 g/mol. The highest BCUT2D eigenvalue weighted by Crippen LogP contribution is 2.15. The van der Waals surface area contributed by atoms with E-state index in [0.717, 1.165) is 5.56 Å². The summed E-state index contributed by atoms with van der Waals surface area (Å²) in [6, 6.07) is 5.19. The van der Waals surface area contributed by atoms with Crippen molar-refractivity contribution in [2.45, 2.75) is 38.8 Å². The number of hydrogen-bond donors (Lipinski definition) is 2. The average Bonchev–Trinajstić information content (AvgIpc) is 2.53. The van der Waals surface area contributed by atoms with Gasteiger partial charge in [-0.3, -0.25) is 14.4 Å². The lowest BCUT2D eigenvalue weighted by Crippen LogP contribution is -2.50. The molecule has 0 aliphatic carbocycles. The second kappa shape index (κ2) is 7.16. The quantitative estimate of drug-likeness (QED) is 0.735. The summed E-state index contributed by atoms with van der Waals surface area (Å²) in [5.41, 5.74) is 1.42. The van der Waals surface area contributed by atoms with Crippen LogP contribution in [-0.4, -0.2) is 51.5 Å². The molecule has 24 heavy (non-hydrogen) atoms. The first kappa shape index (κ1) is 17.5. The number of carboxylic acid groups (broad SMARTS) is 1. The third-order valence-electron chi connectivity index (χ3n) is 3.97. The van der Waals surface area contributed by atoms with Crippen molar-refractivity contribution in [2.75, 3.05) is 0 Å². The highest BCUT2D eigenvalue weighted by atomic mass is 16.4. The molecule has 0 spiro atoms. The number of nitrogens with zero attached hydrogens (tertiary/aromatic N) is 1. The van der Waals surface area contributed by atoms with E-state index in [1.165, 1.54) is 18.4 Å². The molecule has 1 heterocycles. The summed E-state index contributed by atoms with van der Waals surface area (Å²) < 4.78 is 1.32. The minimum atomic E-state index is -1.18. The van der Waals surface area contributed by atoms with Gasteiger partial charge in [-0.25, -0.2) is 4.79 Å². The maximum Gasteiger partial charge on any atom is 0.420 e. The van der Waals surface area contributed by atoms with Gasteiger partial charge in [0.05, 0.1) is 24.4 Å². The summed E-state index contributed by atoms with van der Waals surface area (Å²) >= 11 is 0. The van der Waals surface area contributed by atoms with Gasteiger partial charge in [-0.2, -0.15) is 4.58 Å². The van der Waals surface area contributed by atoms with E-state index in [-0.39, 0.29) is 5.91 Å². The summed E-state index contributed by atoms with van der Waals surface area (Å²) in [7, 11) is 0. The molecule has 0 bridgehead atoms. The Morgan fingerprint density at radius 2 is 1.96 bits per heavy atom. The van der Waals surface area contributed by atoms with Gasteiger partial charge in [0.25, 0.3) is 5.91 Å². The molecular formula is C17H19N2O5+. The number of rotatable bonds is 6. The van der Waals surface area contributed by atoms with Crippen molar-refractivity contribution in [3.05, 3.63) is 35.4 Å². The van der Waals surface area contributed by atoms with Crippen LogP contribution in [0.2, 0.25) is 0 Å². The molecule has 1 aliphatic heterocycles. The van der Waals surface area contributed by atoms with Crippen molar-refractivity contribution in [2.24, 2.45) is 0 Å². The predicted octanol–water partition coefficient (Wildman–Crippen LogP) is 0.403. The number of carbonyl (C=O) groups excluding carboxylic acids is 3. The molecule has 0 fully saturated rings. The first-order valence-electron chi connectivity index (χ1n) is 7.57. The number of amides is 2. The average molecular weight is 331 g/mol. The fourth-order valence-electron chi connectivity index (χ4n) is 2.55. The van der Waals surface area contributed by atoms with E-state index in [4.69, 9.17) is 5.11 Å². The van der Waals surface area contributed by atoms with Crippen LogP contribution in [0.4, 0.5) is 0 Å². The topological polar surface area (TPSA) is 104 Å². The fourth-order valence-corrected chi connectivity index (χ4v) is 2.55. The number of carbonyl (C=O) groups is 4. The molecule has 1 aromatic carbocycles. The van der Waals surface area contributed by atoms with Gasteiger partial charge in [-0.1, -0.05) is 18.2 Å². The lowest BCUT2D eigenvalue weighted by atomic mass is 10.0. The fraction of sp³-hybridized carbons (Fsp3) is 0.353. The number of aliphatic carboxylic acids is 1. The maximum absolute atomic E-state index is 12.5. The van der Waals surface area contributed by atoms with Gasteiger partial charge in [-0.15, -0.1) is 0 Å². The van der Waals surface area contributed by atoms with Crippen LogP contribution in [0, 0.1) is 0 Å². The lowest BCUT2D eigenvalue weighted by molar-refractivity contribution is -0.451. The van der Waals surface area contributed by atoms with Crippen LogP contribution in [0.25, 0.3) is 0 Å². The second-order valence-corrected chi connectivity index (χ2v) is 5.70. The zero-order valence-electron chi connectivity index (χ0n) is 13.5. The zero-order chi connectivity index (χ0) is 17.9. The van der Waals surface area contributed by atoms with Gasteiger partial charge < -0.3 is 10.4 Å². The third-order valence-corrected chi connectivity index (χ3v) is 3.97. The molecule has 0 aromatic heterocycles. The van der Waals surface area contributed by atoms with Crippen molar-refractivity contribution in [3.8, 4) is 0 Å². The van der Waals surface area contributed by atoms with Gasteiger partial charge in [0, 0.05) is 6.92 Å². The Hall–Kier alpha value is -2.83. The van der Waals surface area contributed by atoms with Crippen LogP contribution in [0.15, 0.2) is 24.3 Å². The Labute approximate surface area is 139 Å². The van der Waals surface area contributed by atoms with Crippen molar-refractivity contribution >= 4 is 29.8 Å². The Bertz CT molecular complexity index is 738. The first-order valence-corrected chi connectivity index (χ1v) is 7.57. The molecule has 2 atom stereocenters. The molecule has 126 valence electrons. The van der Waals surface area contributed by atoms with Crippen molar-refractivity contribution in [1.29, 1.82) is 0 Å². The van der Waals surface area contributed by atoms with Crippen molar-refractivity contribution in [3.63, 3.8) is 0 Å². The molecule has 1 aliphatic rings. The molecule has 1 aromatic rings. The van der Waals surface area contributed by atoms with E-state index >= 15 is 0 Å². The smallest absolute Gasteiger partial charge is 0.420 e. The highest BCUT2D eigenvalue weighted by molar-refractivity contribution is 5.97. The highest BCUT2D eigenvalue weighted by Gasteiger charge is 2.36. The van der Waals surface area contributed by atoms with E-state index in [0.29, 0.717) is 12.0 Å². The van der Waals surface area contributed by atoms with Crippen molar-refractivity contribution < 1.29 is 28.9 Å². The molecule has 7 nitrogen and oxygen atoms in total. The van der Waals surface area contributed by atoms with Gasteiger partial charge in [0.2, 0.25) is 6.04 Å². The normalized spacial score (nSPS) is 15.8. The van der Waals surface area contributed by atoms with E-state index in [2.05, 4.69) is 5.32 Å². The SMILES string of the molecule is CC(=O)C(CC(=O)O)NC(=O)C(C)[N+]1=CCc2ccccc2C1=O. The zero-order valence-corrected chi connectivity index (χ0v) is 13.5. The summed E-state index contributed by atoms with van der Waals surface area (Å²) in [4.78, 5) is 47.1. The summed E-state index contributed by atoms with van der Waals surface area (Å²) in [6.45, 7) is 2.75. The Morgan fingerprint density at radius 3 is 2.58 bits per heavy atom. The number of hydrogen-bond acceptors (Lipinski definition) is 4. The number of nitrogens with one attached hydrogen (secondary N) is 1. The Kier molecular flexibility index (Phi) is 5.23. The monoisotopic (exact) mass is 331 g/mol. The number of Topliss-reactive ketones (excluding diaryl/α,β-unsaturated/α-hetero) is 1. The van der Waals surface area contributed by atoms with Crippen LogP contribution in [0.1, 0.15) is 36.2 Å². The van der Waals surface area contributed by atoms with Gasteiger partial charge in [0.15, 0.2) is 12.0 Å². The van der Waals surface area contributed by atoms with E-state index < -0.39 is 36.2 Å². The maximum atomic E-state index is 12.5. The minimum absolute atomic E-state index is 0.294. The lowest BCUT2D eigenvalue weighted by Gasteiger charge is -2.18. The van der Waals surface area contributed by atoms with E-state index in [1.807, 2.05) is 12.1 Å².